The van der Waals surface area contributed by atoms with Crippen molar-refractivity contribution in [2.24, 2.45) is 0 Å². The fraction of sp³-hybridized carbons (Fsp3) is 0.727. The lowest BCUT2D eigenvalue weighted by atomic mass is 10.4. The first-order chi connectivity index (χ1) is 7.38. The van der Waals surface area contributed by atoms with Gasteiger partial charge in [0.15, 0.2) is 0 Å². The molecule has 1 heterocycles. The van der Waals surface area contributed by atoms with Crippen LogP contribution < -0.4 is 5.32 Å². The van der Waals surface area contributed by atoms with Crippen LogP contribution in [-0.4, -0.2) is 29.8 Å². The molecule has 0 aliphatic heterocycles. The summed E-state index contributed by atoms with van der Waals surface area (Å²) in [6, 6.07) is 0. The van der Waals surface area contributed by atoms with Gasteiger partial charge in [0, 0.05) is 32.7 Å². The quantitative estimate of drug-likeness (QED) is 0.661. The Labute approximate surface area is 91.7 Å². The maximum Gasteiger partial charge on any atom is 0.122 e. The van der Waals surface area contributed by atoms with Crippen LogP contribution in [0, 0.1) is 0 Å². The van der Waals surface area contributed by atoms with Crippen LogP contribution >= 0.6 is 0 Å². The number of aromatic nitrogens is 2. The van der Waals surface area contributed by atoms with Gasteiger partial charge in [0.25, 0.3) is 0 Å². The lowest BCUT2D eigenvalue weighted by Gasteiger charge is -2.07. The second kappa shape index (κ2) is 7.43. The SMILES string of the molecule is CCCNCc1nccn1CCCOC. The van der Waals surface area contributed by atoms with Crippen molar-refractivity contribution in [1.29, 1.82) is 0 Å². The van der Waals surface area contributed by atoms with Gasteiger partial charge in [-0.05, 0) is 19.4 Å². The number of imidazole rings is 1. The van der Waals surface area contributed by atoms with Crippen molar-refractivity contribution < 1.29 is 4.74 Å². The molecular formula is C11H21N3O. The Balaban J connectivity index is 2.32. The number of methoxy groups -OCH3 is 1. The Bertz CT molecular complexity index is 236. The molecule has 1 rings (SSSR count). The highest BCUT2D eigenvalue weighted by atomic mass is 16.5. The van der Waals surface area contributed by atoms with E-state index < -0.39 is 0 Å². The van der Waals surface area contributed by atoms with Gasteiger partial charge in [-0.15, -0.1) is 0 Å². The van der Waals surface area contributed by atoms with Crippen LogP contribution in [0.4, 0.5) is 0 Å². The zero-order chi connectivity index (χ0) is 10.9. The largest absolute Gasteiger partial charge is 0.385 e. The summed E-state index contributed by atoms with van der Waals surface area (Å²) >= 11 is 0. The molecule has 15 heavy (non-hydrogen) atoms. The first kappa shape index (κ1) is 12.2. The lowest BCUT2D eigenvalue weighted by Crippen LogP contribution is -2.18. The second-order valence-electron chi connectivity index (χ2n) is 3.56. The number of nitrogens with one attached hydrogen (secondary N) is 1. The number of ether oxygens (including phenoxy) is 1. The summed E-state index contributed by atoms with van der Waals surface area (Å²) in [7, 11) is 1.73. The first-order valence-electron chi connectivity index (χ1n) is 5.58. The van der Waals surface area contributed by atoms with Crippen LogP contribution in [0.15, 0.2) is 12.4 Å². The van der Waals surface area contributed by atoms with E-state index in [-0.39, 0.29) is 0 Å². The molecule has 4 nitrogen and oxygen atoms in total. The summed E-state index contributed by atoms with van der Waals surface area (Å²) in [5.74, 6) is 1.11. The summed E-state index contributed by atoms with van der Waals surface area (Å²) in [6.45, 7) is 5.85. The zero-order valence-corrected chi connectivity index (χ0v) is 9.70. The van der Waals surface area contributed by atoms with E-state index in [0.717, 1.165) is 44.9 Å². The van der Waals surface area contributed by atoms with Gasteiger partial charge >= 0.3 is 0 Å². The van der Waals surface area contributed by atoms with Gasteiger partial charge in [-0.1, -0.05) is 6.92 Å². The van der Waals surface area contributed by atoms with Crippen molar-refractivity contribution >= 4 is 0 Å². The highest BCUT2D eigenvalue weighted by Crippen LogP contribution is 1.99. The molecule has 0 bridgehead atoms. The fourth-order valence-corrected chi connectivity index (χ4v) is 1.47. The van der Waals surface area contributed by atoms with Gasteiger partial charge in [0.05, 0.1) is 6.54 Å². The number of hydrogen-bond donors (Lipinski definition) is 1. The fourth-order valence-electron chi connectivity index (χ4n) is 1.47. The Morgan fingerprint density at radius 2 is 2.40 bits per heavy atom. The molecule has 1 aromatic rings. The molecule has 0 aliphatic rings. The molecule has 0 spiro atoms. The number of rotatable bonds is 8. The monoisotopic (exact) mass is 211 g/mol. The average Bonchev–Trinajstić information content (AvgIpc) is 2.67. The Morgan fingerprint density at radius 1 is 1.53 bits per heavy atom. The van der Waals surface area contributed by atoms with Gasteiger partial charge in [-0.25, -0.2) is 4.98 Å². The van der Waals surface area contributed by atoms with Gasteiger partial charge in [-0.3, -0.25) is 0 Å². The van der Waals surface area contributed by atoms with E-state index in [1.54, 1.807) is 7.11 Å². The molecule has 0 aromatic carbocycles. The van der Waals surface area contributed by atoms with Crippen molar-refractivity contribution in [1.82, 2.24) is 14.9 Å². The van der Waals surface area contributed by atoms with Crippen molar-refractivity contribution in [3.8, 4) is 0 Å². The average molecular weight is 211 g/mol. The second-order valence-corrected chi connectivity index (χ2v) is 3.56. The first-order valence-corrected chi connectivity index (χ1v) is 5.58. The van der Waals surface area contributed by atoms with Crippen molar-refractivity contribution in [3.05, 3.63) is 18.2 Å². The standard InChI is InChI=1S/C11H21N3O/c1-3-5-12-10-11-13-6-8-14(11)7-4-9-15-2/h6,8,12H,3-5,7,9-10H2,1-2H3. The number of nitrogens with zero attached hydrogens (tertiary/aromatic N) is 2. The molecule has 0 unspecified atom stereocenters. The third-order valence-electron chi connectivity index (χ3n) is 2.26. The molecule has 0 saturated carbocycles. The normalized spacial score (nSPS) is 10.8. The van der Waals surface area contributed by atoms with E-state index in [1.807, 2.05) is 12.4 Å². The van der Waals surface area contributed by atoms with Gasteiger partial charge < -0.3 is 14.6 Å². The summed E-state index contributed by atoms with van der Waals surface area (Å²) in [6.07, 6.45) is 6.08. The van der Waals surface area contributed by atoms with Gasteiger partial charge in [0.1, 0.15) is 5.82 Å². The van der Waals surface area contributed by atoms with E-state index in [4.69, 9.17) is 4.74 Å². The van der Waals surface area contributed by atoms with Crippen LogP contribution in [0.5, 0.6) is 0 Å². The van der Waals surface area contributed by atoms with E-state index in [2.05, 4.69) is 21.8 Å². The predicted octanol–water partition coefficient (Wildman–Crippen LogP) is 1.42. The smallest absolute Gasteiger partial charge is 0.122 e. The van der Waals surface area contributed by atoms with Crippen LogP contribution in [-0.2, 0) is 17.8 Å². The van der Waals surface area contributed by atoms with Crippen LogP contribution in [0.3, 0.4) is 0 Å². The molecule has 0 fully saturated rings. The summed E-state index contributed by atoms with van der Waals surface area (Å²) in [5.41, 5.74) is 0. The Hall–Kier alpha value is -0.870. The molecule has 0 atom stereocenters. The molecule has 0 amide bonds. The highest BCUT2D eigenvalue weighted by Gasteiger charge is 2.01. The van der Waals surface area contributed by atoms with Crippen molar-refractivity contribution in [2.45, 2.75) is 32.9 Å². The van der Waals surface area contributed by atoms with Crippen LogP contribution in [0.25, 0.3) is 0 Å². The molecule has 1 N–H and O–H groups in total. The van der Waals surface area contributed by atoms with E-state index in [0.29, 0.717) is 0 Å². The Morgan fingerprint density at radius 3 is 3.13 bits per heavy atom. The molecule has 0 aliphatic carbocycles. The topological polar surface area (TPSA) is 39.1 Å². The molecule has 1 aromatic heterocycles. The minimum absolute atomic E-state index is 0.806. The highest BCUT2D eigenvalue weighted by molar-refractivity contribution is 4.91. The summed E-state index contributed by atoms with van der Waals surface area (Å²) in [5, 5.41) is 3.35. The summed E-state index contributed by atoms with van der Waals surface area (Å²) < 4.78 is 7.21. The third kappa shape index (κ3) is 4.44. The van der Waals surface area contributed by atoms with Crippen molar-refractivity contribution in [2.75, 3.05) is 20.3 Å². The maximum atomic E-state index is 5.03. The molecule has 86 valence electrons. The van der Waals surface area contributed by atoms with E-state index in [1.165, 1.54) is 0 Å². The van der Waals surface area contributed by atoms with Crippen molar-refractivity contribution in [3.63, 3.8) is 0 Å². The number of hydrogen-bond acceptors (Lipinski definition) is 3. The third-order valence-corrected chi connectivity index (χ3v) is 2.26. The Kier molecular flexibility index (Phi) is 6.04. The minimum Gasteiger partial charge on any atom is -0.385 e. The summed E-state index contributed by atoms with van der Waals surface area (Å²) in [4.78, 5) is 4.33. The molecule has 0 saturated heterocycles. The van der Waals surface area contributed by atoms with Gasteiger partial charge in [0.2, 0.25) is 0 Å². The zero-order valence-electron chi connectivity index (χ0n) is 9.70. The van der Waals surface area contributed by atoms with Gasteiger partial charge in [-0.2, -0.15) is 0 Å². The van der Waals surface area contributed by atoms with E-state index in [9.17, 15) is 0 Å². The maximum absolute atomic E-state index is 5.03. The van der Waals surface area contributed by atoms with Crippen LogP contribution in [0.1, 0.15) is 25.6 Å². The number of aryl methyl sites for hydroxylation is 1. The molecule has 0 radical (unpaired) electrons. The molecule has 4 heteroatoms. The van der Waals surface area contributed by atoms with Crippen LogP contribution in [0.2, 0.25) is 0 Å². The minimum atomic E-state index is 0.806. The lowest BCUT2D eigenvalue weighted by molar-refractivity contribution is 0.190. The van der Waals surface area contributed by atoms with E-state index >= 15 is 0 Å². The molecular weight excluding hydrogens is 190 g/mol. The predicted molar refractivity (Wildman–Crippen MR) is 60.7 cm³/mol.